The highest BCUT2D eigenvalue weighted by molar-refractivity contribution is 5.74. The molecular formula is C13H18N2O4. The zero-order valence-corrected chi connectivity index (χ0v) is 10.6. The third kappa shape index (κ3) is 5.05. The second-order valence-electron chi connectivity index (χ2n) is 4.18. The lowest BCUT2D eigenvalue weighted by molar-refractivity contribution is -0.104. The van der Waals surface area contributed by atoms with Gasteiger partial charge in [-0.3, -0.25) is 14.6 Å². The van der Waals surface area contributed by atoms with Gasteiger partial charge in [-0.2, -0.15) is 0 Å². The molecule has 0 bridgehead atoms. The minimum absolute atomic E-state index is 0.176. The first-order valence-corrected chi connectivity index (χ1v) is 6.27. The Balaban J connectivity index is 2.80. The van der Waals surface area contributed by atoms with E-state index >= 15 is 0 Å². The number of nitrogens with one attached hydrogen (secondary N) is 2. The van der Waals surface area contributed by atoms with Crippen molar-refractivity contribution in [2.75, 3.05) is 6.61 Å². The van der Waals surface area contributed by atoms with Crippen LogP contribution in [0.5, 0.6) is 0 Å². The number of carbonyl (C=O) groups is 1. The monoisotopic (exact) mass is 266 g/mol. The fourth-order valence-electron chi connectivity index (χ4n) is 1.82. The molecule has 1 aromatic heterocycles. The number of rotatable bonds is 8. The molecule has 0 unspecified atom stereocenters. The van der Waals surface area contributed by atoms with Crippen molar-refractivity contribution in [1.29, 1.82) is 0 Å². The van der Waals surface area contributed by atoms with E-state index < -0.39 is 11.2 Å². The van der Waals surface area contributed by atoms with Crippen LogP contribution in [0.4, 0.5) is 0 Å². The minimum Gasteiger partial charge on any atom is -0.396 e. The second-order valence-corrected chi connectivity index (χ2v) is 4.18. The van der Waals surface area contributed by atoms with E-state index in [9.17, 15) is 14.4 Å². The summed E-state index contributed by atoms with van der Waals surface area (Å²) < 4.78 is 0. The highest BCUT2D eigenvalue weighted by atomic mass is 16.3. The van der Waals surface area contributed by atoms with Gasteiger partial charge >= 0.3 is 5.69 Å². The van der Waals surface area contributed by atoms with Crippen molar-refractivity contribution in [3.63, 3.8) is 0 Å². The normalized spacial score (nSPS) is 11.0. The van der Waals surface area contributed by atoms with Crippen LogP contribution in [0.25, 0.3) is 6.08 Å². The maximum absolute atomic E-state index is 11.6. The molecule has 104 valence electrons. The van der Waals surface area contributed by atoms with Crippen LogP contribution in [0.1, 0.15) is 36.9 Å². The Morgan fingerprint density at radius 3 is 2.47 bits per heavy atom. The van der Waals surface area contributed by atoms with Crippen molar-refractivity contribution in [3.05, 3.63) is 38.2 Å². The van der Waals surface area contributed by atoms with Gasteiger partial charge in [0.25, 0.3) is 5.56 Å². The molecule has 0 aliphatic rings. The van der Waals surface area contributed by atoms with Gasteiger partial charge in [0.2, 0.25) is 0 Å². The number of aryl methyl sites for hydroxylation is 1. The Kier molecular flexibility index (Phi) is 6.52. The van der Waals surface area contributed by atoms with Gasteiger partial charge in [0.05, 0.1) is 5.56 Å². The number of aliphatic hydroxyl groups excluding tert-OH is 1. The molecule has 0 saturated heterocycles. The number of aldehydes is 1. The van der Waals surface area contributed by atoms with Crippen LogP contribution in [-0.4, -0.2) is 28.0 Å². The van der Waals surface area contributed by atoms with Crippen molar-refractivity contribution in [3.8, 4) is 0 Å². The summed E-state index contributed by atoms with van der Waals surface area (Å²) >= 11 is 0. The largest absolute Gasteiger partial charge is 0.396 e. The Hall–Kier alpha value is -1.95. The van der Waals surface area contributed by atoms with Crippen molar-refractivity contribution in [1.82, 2.24) is 9.97 Å². The van der Waals surface area contributed by atoms with Gasteiger partial charge in [-0.05, 0) is 31.4 Å². The maximum Gasteiger partial charge on any atom is 0.325 e. The van der Waals surface area contributed by atoms with E-state index in [1.54, 1.807) is 0 Å². The first-order chi connectivity index (χ1) is 9.19. The Morgan fingerprint density at radius 2 is 1.79 bits per heavy atom. The maximum atomic E-state index is 11.6. The van der Waals surface area contributed by atoms with Crippen LogP contribution in [0, 0.1) is 0 Å². The number of hydrogen-bond acceptors (Lipinski definition) is 4. The Morgan fingerprint density at radius 1 is 1.05 bits per heavy atom. The van der Waals surface area contributed by atoms with Crippen LogP contribution in [-0.2, 0) is 11.2 Å². The summed E-state index contributed by atoms with van der Waals surface area (Å²) in [5.41, 5.74) is -0.185. The van der Waals surface area contributed by atoms with Gasteiger partial charge in [-0.1, -0.05) is 12.8 Å². The molecular weight excluding hydrogens is 248 g/mol. The van der Waals surface area contributed by atoms with Crippen LogP contribution in [0.3, 0.4) is 0 Å². The third-order valence-electron chi connectivity index (χ3n) is 2.74. The van der Waals surface area contributed by atoms with Crippen LogP contribution in [0.15, 0.2) is 15.7 Å². The molecule has 1 rings (SSSR count). The number of unbranched alkanes of at least 4 members (excludes halogenated alkanes) is 3. The van der Waals surface area contributed by atoms with Gasteiger partial charge in [0.1, 0.15) is 6.29 Å². The molecule has 1 heterocycles. The predicted molar refractivity (Wildman–Crippen MR) is 72.0 cm³/mol. The lowest BCUT2D eigenvalue weighted by Crippen LogP contribution is -2.26. The number of aromatic nitrogens is 2. The molecule has 0 amide bonds. The van der Waals surface area contributed by atoms with Crippen LogP contribution in [0.2, 0.25) is 0 Å². The van der Waals surface area contributed by atoms with Crippen LogP contribution < -0.4 is 11.2 Å². The summed E-state index contributed by atoms with van der Waals surface area (Å²) in [5.74, 6) is 0. The van der Waals surface area contributed by atoms with E-state index in [2.05, 4.69) is 9.97 Å². The van der Waals surface area contributed by atoms with Gasteiger partial charge < -0.3 is 10.1 Å². The standard InChI is InChI=1S/C13H18N2O4/c16-8-4-2-1-3-7-11-10(6-5-9-17)12(18)15-13(19)14-11/h5-6,9,16H,1-4,7-8H2,(H2,14,15,18,19)/b6-5+. The molecule has 6 heteroatoms. The van der Waals surface area contributed by atoms with E-state index in [0.717, 1.165) is 25.7 Å². The third-order valence-corrected chi connectivity index (χ3v) is 2.74. The van der Waals surface area contributed by atoms with Gasteiger partial charge in [0.15, 0.2) is 0 Å². The SMILES string of the molecule is O=C/C=C/c1c(CCCCCCO)[nH]c(=O)[nH]c1=O. The van der Waals surface area contributed by atoms with Crippen molar-refractivity contribution in [2.45, 2.75) is 32.1 Å². The number of carbonyl (C=O) groups excluding carboxylic acids is 1. The summed E-state index contributed by atoms with van der Waals surface area (Å²) in [6.45, 7) is 0.176. The minimum atomic E-state index is -0.543. The Bertz CT molecular complexity index is 542. The summed E-state index contributed by atoms with van der Waals surface area (Å²) in [7, 11) is 0. The fourth-order valence-corrected chi connectivity index (χ4v) is 1.82. The molecule has 0 fully saturated rings. The molecule has 0 radical (unpaired) electrons. The van der Waals surface area contributed by atoms with E-state index in [1.807, 2.05) is 0 Å². The van der Waals surface area contributed by atoms with Crippen molar-refractivity contribution >= 4 is 12.4 Å². The lowest BCUT2D eigenvalue weighted by atomic mass is 10.1. The topological polar surface area (TPSA) is 103 Å². The molecule has 0 aromatic carbocycles. The van der Waals surface area contributed by atoms with E-state index in [4.69, 9.17) is 5.11 Å². The smallest absolute Gasteiger partial charge is 0.325 e. The van der Waals surface area contributed by atoms with Gasteiger partial charge in [-0.15, -0.1) is 0 Å². The van der Waals surface area contributed by atoms with Crippen LogP contribution >= 0.6 is 0 Å². The van der Waals surface area contributed by atoms with E-state index in [1.165, 1.54) is 12.2 Å². The average molecular weight is 266 g/mol. The number of H-pyrrole nitrogens is 2. The lowest BCUT2D eigenvalue weighted by Gasteiger charge is -2.04. The summed E-state index contributed by atoms with van der Waals surface area (Å²) in [6, 6.07) is 0. The number of allylic oxidation sites excluding steroid dienone is 1. The van der Waals surface area contributed by atoms with E-state index in [-0.39, 0.29) is 6.61 Å². The summed E-state index contributed by atoms with van der Waals surface area (Å²) in [4.78, 5) is 37.9. The highest BCUT2D eigenvalue weighted by Crippen LogP contribution is 2.08. The van der Waals surface area contributed by atoms with Gasteiger partial charge in [-0.25, -0.2) is 4.79 Å². The zero-order valence-electron chi connectivity index (χ0n) is 10.6. The summed E-state index contributed by atoms with van der Waals surface area (Å²) in [6.07, 6.45) is 7.13. The molecule has 0 aliphatic carbocycles. The first kappa shape index (κ1) is 15.1. The number of aromatic amines is 2. The average Bonchev–Trinajstić information content (AvgIpc) is 2.37. The molecule has 0 atom stereocenters. The Labute approximate surface area is 110 Å². The number of aliphatic hydroxyl groups is 1. The fraction of sp³-hybridized carbons (Fsp3) is 0.462. The molecule has 1 aromatic rings. The van der Waals surface area contributed by atoms with Gasteiger partial charge in [0, 0.05) is 12.3 Å². The quantitative estimate of drug-likeness (QED) is 0.359. The molecule has 6 nitrogen and oxygen atoms in total. The zero-order chi connectivity index (χ0) is 14.1. The molecule has 3 N–H and O–H groups in total. The molecule has 0 spiro atoms. The number of hydrogen-bond donors (Lipinski definition) is 3. The molecule has 0 aliphatic heterocycles. The summed E-state index contributed by atoms with van der Waals surface area (Å²) in [5, 5.41) is 8.66. The predicted octanol–water partition coefficient (Wildman–Crippen LogP) is 0.370. The van der Waals surface area contributed by atoms with Crippen molar-refractivity contribution < 1.29 is 9.90 Å². The van der Waals surface area contributed by atoms with Crippen molar-refractivity contribution in [2.24, 2.45) is 0 Å². The molecule has 0 saturated carbocycles. The molecule has 19 heavy (non-hydrogen) atoms. The highest BCUT2D eigenvalue weighted by Gasteiger charge is 2.06. The van der Waals surface area contributed by atoms with E-state index in [0.29, 0.717) is 24.0 Å². The first-order valence-electron chi connectivity index (χ1n) is 6.27. The second kappa shape index (κ2) is 8.20.